The fourth-order valence-electron chi connectivity index (χ4n) is 1.32. The van der Waals surface area contributed by atoms with Gasteiger partial charge < -0.3 is 10.2 Å². The van der Waals surface area contributed by atoms with Crippen molar-refractivity contribution in [1.82, 2.24) is 14.7 Å². The van der Waals surface area contributed by atoms with Gasteiger partial charge in [0.05, 0.1) is 16.8 Å². The first-order valence-corrected chi connectivity index (χ1v) is 4.71. The predicted molar refractivity (Wildman–Crippen MR) is 52.9 cm³/mol. The summed E-state index contributed by atoms with van der Waals surface area (Å²) in [5.41, 5.74) is -4.42. The molecule has 0 atom stereocenters. The zero-order valence-corrected chi connectivity index (χ0v) is 9.00. The van der Waals surface area contributed by atoms with Crippen LogP contribution in [0, 0.1) is 0 Å². The maximum atomic E-state index is 12.6. The largest absolute Gasteiger partial charge is 0.427 e. The summed E-state index contributed by atoms with van der Waals surface area (Å²) < 4.78 is 37.6. The number of aromatic amines is 1. The normalized spacial score (nSPS) is 12.0. The number of hydrogen-bond acceptors (Lipinski definition) is 4. The molecule has 0 saturated heterocycles. The van der Waals surface area contributed by atoms with Crippen LogP contribution in [0.4, 0.5) is 13.2 Å². The van der Waals surface area contributed by atoms with E-state index >= 15 is 0 Å². The van der Waals surface area contributed by atoms with E-state index < -0.39 is 39.4 Å². The van der Waals surface area contributed by atoms with Gasteiger partial charge in [-0.25, -0.2) is 0 Å². The first kappa shape index (κ1) is 12.4. The maximum Gasteiger partial charge on any atom is 0.419 e. The molecule has 0 unspecified atom stereocenters. The monoisotopic (exact) mass is 281 g/mol. The van der Waals surface area contributed by atoms with Crippen LogP contribution in [-0.2, 0) is 6.18 Å². The van der Waals surface area contributed by atoms with Crippen molar-refractivity contribution in [3.05, 3.63) is 37.5 Å². The van der Waals surface area contributed by atoms with E-state index in [-0.39, 0.29) is 10.9 Å². The van der Waals surface area contributed by atoms with Crippen LogP contribution in [0.5, 0.6) is 0 Å². The van der Waals surface area contributed by atoms with E-state index in [0.717, 1.165) is 0 Å². The van der Waals surface area contributed by atoms with Crippen molar-refractivity contribution >= 4 is 11.6 Å². The minimum Gasteiger partial charge on any atom is -0.427 e. The Labute approximate surface area is 101 Å². The number of fused-ring (bicyclic) bond motifs is 1. The Balaban J connectivity index is 2.96. The fraction of sp³-hybridized carbons (Fsp3) is 0.125. The van der Waals surface area contributed by atoms with Gasteiger partial charge >= 0.3 is 17.3 Å². The van der Waals surface area contributed by atoms with Crippen LogP contribution >= 0.6 is 11.6 Å². The molecular weight excluding hydrogens is 279 g/mol. The molecule has 0 aromatic carbocycles. The fourth-order valence-corrected chi connectivity index (χ4v) is 1.60. The molecule has 0 aromatic heterocycles. The van der Waals surface area contributed by atoms with E-state index in [4.69, 9.17) is 11.6 Å². The van der Waals surface area contributed by atoms with E-state index in [1.807, 2.05) is 4.98 Å². The summed E-state index contributed by atoms with van der Waals surface area (Å²) in [6.45, 7) is 0. The summed E-state index contributed by atoms with van der Waals surface area (Å²) in [7, 11) is 0. The van der Waals surface area contributed by atoms with Crippen molar-refractivity contribution in [3.8, 4) is 11.5 Å². The van der Waals surface area contributed by atoms with E-state index in [0.29, 0.717) is 0 Å². The molecular formula is C8H3ClF3N3O3. The number of pyridine rings is 1. The molecule has 6 nitrogen and oxygen atoms in total. The third kappa shape index (κ3) is 1.82. The van der Waals surface area contributed by atoms with Crippen LogP contribution in [0.25, 0.3) is 11.5 Å². The van der Waals surface area contributed by atoms with Crippen molar-refractivity contribution in [2.75, 3.05) is 0 Å². The number of H-pyrrole nitrogens is 1. The second-order valence-corrected chi connectivity index (χ2v) is 3.65. The molecule has 2 aliphatic heterocycles. The van der Waals surface area contributed by atoms with Crippen molar-refractivity contribution < 1.29 is 18.4 Å². The van der Waals surface area contributed by atoms with Crippen molar-refractivity contribution in [3.63, 3.8) is 0 Å². The Hall–Kier alpha value is -2.03. The number of halogens is 4. The lowest BCUT2D eigenvalue weighted by molar-refractivity contribution is -0.138. The van der Waals surface area contributed by atoms with Gasteiger partial charge in [0.2, 0.25) is 0 Å². The first-order valence-electron chi connectivity index (χ1n) is 4.33. The molecule has 2 rings (SSSR count). The van der Waals surface area contributed by atoms with Gasteiger partial charge in [0.1, 0.15) is 5.69 Å². The zero-order chi connectivity index (χ0) is 13.7. The third-order valence-electron chi connectivity index (χ3n) is 2.09. The minimum atomic E-state index is -4.83. The molecule has 0 aliphatic carbocycles. The molecule has 0 bridgehead atoms. The van der Waals surface area contributed by atoms with E-state index in [2.05, 4.69) is 4.98 Å². The quantitative estimate of drug-likeness (QED) is 0.556. The van der Waals surface area contributed by atoms with Gasteiger partial charge in [-0.15, -0.1) is 0 Å². The number of nitrogens with zero attached hydrogens (tertiary/aromatic N) is 2. The molecule has 0 aromatic rings. The highest BCUT2D eigenvalue weighted by atomic mass is 35.5. The number of alkyl halides is 3. The second-order valence-electron chi connectivity index (χ2n) is 3.27. The van der Waals surface area contributed by atoms with Crippen molar-refractivity contribution in [1.29, 1.82) is 0 Å². The summed E-state index contributed by atoms with van der Waals surface area (Å²) in [5.74, 6) is -0.572. The standard InChI is InChI=1S/C8H3ClF3N3O3/c9-3-2(8(10,11)12)1-15(18)5-4(3)13-6(16)7(17)14-5/h1,18H,(H,13,16). The van der Waals surface area contributed by atoms with Gasteiger partial charge in [0.15, 0.2) is 5.82 Å². The topological polar surface area (TPSA) is 88.0 Å². The van der Waals surface area contributed by atoms with E-state index in [1.165, 1.54) is 0 Å². The van der Waals surface area contributed by atoms with Crippen LogP contribution in [0.2, 0.25) is 5.02 Å². The third-order valence-corrected chi connectivity index (χ3v) is 2.49. The molecule has 18 heavy (non-hydrogen) atoms. The first-order chi connectivity index (χ1) is 8.21. The molecule has 0 amide bonds. The highest BCUT2D eigenvalue weighted by molar-refractivity contribution is 6.33. The summed E-state index contributed by atoms with van der Waals surface area (Å²) in [6.07, 6.45) is -4.57. The highest BCUT2D eigenvalue weighted by Gasteiger charge is 2.37. The Bertz CT molecular complexity index is 706. The number of nitrogens with one attached hydrogen (secondary N) is 1. The molecule has 2 aliphatic rings. The average Bonchev–Trinajstić information content (AvgIpc) is 2.24. The molecule has 10 heteroatoms. The highest BCUT2D eigenvalue weighted by Crippen LogP contribution is 2.38. The molecule has 0 spiro atoms. The van der Waals surface area contributed by atoms with E-state index in [9.17, 15) is 28.0 Å². The van der Waals surface area contributed by atoms with Gasteiger partial charge in [-0.2, -0.15) is 22.9 Å². The van der Waals surface area contributed by atoms with Crippen molar-refractivity contribution in [2.24, 2.45) is 0 Å². The summed E-state index contributed by atoms with van der Waals surface area (Å²) in [5, 5.41) is 8.44. The Morgan fingerprint density at radius 2 is 2.00 bits per heavy atom. The average molecular weight is 282 g/mol. The lowest BCUT2D eigenvalue weighted by atomic mass is 10.2. The molecule has 0 fully saturated rings. The summed E-state index contributed by atoms with van der Waals surface area (Å²) in [6, 6.07) is 0. The van der Waals surface area contributed by atoms with Crippen LogP contribution in [0.1, 0.15) is 5.56 Å². The zero-order valence-electron chi connectivity index (χ0n) is 8.25. The maximum absolute atomic E-state index is 12.6. The lowest BCUT2D eigenvalue weighted by Crippen LogP contribution is -2.32. The second kappa shape index (κ2) is 3.73. The molecule has 0 saturated carbocycles. The Morgan fingerprint density at radius 3 is 2.56 bits per heavy atom. The Morgan fingerprint density at radius 1 is 1.39 bits per heavy atom. The van der Waals surface area contributed by atoms with Gasteiger partial charge in [-0.3, -0.25) is 9.59 Å². The summed E-state index contributed by atoms with van der Waals surface area (Å²) in [4.78, 5) is 26.9. The smallest absolute Gasteiger partial charge is 0.419 e. The van der Waals surface area contributed by atoms with Crippen molar-refractivity contribution in [2.45, 2.75) is 6.18 Å². The van der Waals surface area contributed by atoms with Crippen LogP contribution < -0.4 is 11.1 Å². The van der Waals surface area contributed by atoms with Gasteiger partial charge in [-0.1, -0.05) is 11.6 Å². The van der Waals surface area contributed by atoms with E-state index in [1.54, 1.807) is 0 Å². The lowest BCUT2D eigenvalue weighted by Gasteiger charge is -2.15. The van der Waals surface area contributed by atoms with Crippen LogP contribution in [-0.4, -0.2) is 19.9 Å². The predicted octanol–water partition coefficient (Wildman–Crippen LogP) is 0.946. The summed E-state index contributed by atoms with van der Waals surface area (Å²) >= 11 is 5.47. The SMILES string of the molecule is O=c1nc2n(O)cc(C(F)(F)F)c(Cl)c-2[nH]c1=O. The Kier molecular flexibility index (Phi) is 2.58. The van der Waals surface area contributed by atoms with Gasteiger partial charge in [0.25, 0.3) is 0 Å². The van der Waals surface area contributed by atoms with Gasteiger partial charge in [-0.05, 0) is 0 Å². The number of hydrogen-bond donors (Lipinski definition) is 2. The van der Waals surface area contributed by atoms with Crippen LogP contribution in [0.15, 0.2) is 15.8 Å². The number of rotatable bonds is 0. The minimum absolute atomic E-state index is 0.0264. The molecule has 2 N–H and O–H groups in total. The van der Waals surface area contributed by atoms with Crippen LogP contribution in [0.3, 0.4) is 0 Å². The van der Waals surface area contributed by atoms with Gasteiger partial charge in [0, 0.05) is 0 Å². The molecule has 0 radical (unpaired) electrons. The molecule has 2 heterocycles. The molecule has 96 valence electrons. The number of aromatic nitrogens is 3.